The van der Waals surface area contributed by atoms with Gasteiger partial charge in [0.25, 0.3) is 5.91 Å². The first-order chi connectivity index (χ1) is 23.4. The molecule has 5 rings (SSSR count). The van der Waals surface area contributed by atoms with Gasteiger partial charge in [0.1, 0.15) is 23.9 Å². The number of primary amides is 1. The highest BCUT2D eigenvalue weighted by Crippen LogP contribution is 2.65. The number of hydrogen-bond acceptors (Lipinski definition) is 9. The highest BCUT2D eigenvalue weighted by Gasteiger charge is 2.70. The summed E-state index contributed by atoms with van der Waals surface area (Å²) in [6.45, 7) is 15.6. The number of piperidine rings is 1. The van der Waals surface area contributed by atoms with E-state index in [1.54, 1.807) is 23.5 Å². The molecular formula is C35H53N9O6. The van der Waals surface area contributed by atoms with Crippen LogP contribution in [0.4, 0.5) is 10.6 Å². The molecule has 2 aliphatic carbocycles. The van der Waals surface area contributed by atoms with Crippen LogP contribution in [0.2, 0.25) is 0 Å². The Balaban J connectivity index is 1.26. The zero-order valence-corrected chi connectivity index (χ0v) is 30.3. The predicted molar refractivity (Wildman–Crippen MR) is 184 cm³/mol. The third kappa shape index (κ3) is 7.86. The lowest BCUT2D eigenvalue weighted by atomic mass is 9.85. The Bertz CT molecular complexity index is 1480. The van der Waals surface area contributed by atoms with E-state index in [9.17, 15) is 28.8 Å². The molecule has 5 N–H and O–H groups in total. The van der Waals surface area contributed by atoms with E-state index in [0.717, 1.165) is 18.7 Å². The smallest absolute Gasteiger partial charge is 0.316 e. The fraction of sp³-hybridized carbons (Fsp3) is 0.714. The summed E-state index contributed by atoms with van der Waals surface area (Å²) in [4.78, 5) is 93.7. The van der Waals surface area contributed by atoms with Gasteiger partial charge in [-0.1, -0.05) is 61.3 Å². The van der Waals surface area contributed by atoms with Gasteiger partial charge in [-0.25, -0.2) is 9.78 Å². The fourth-order valence-electron chi connectivity index (χ4n) is 7.61. The molecule has 15 nitrogen and oxygen atoms in total. The third-order valence-electron chi connectivity index (χ3n) is 11.0. The Morgan fingerprint density at radius 1 is 0.960 bits per heavy atom. The monoisotopic (exact) mass is 695 g/mol. The number of likely N-dealkylation sites (tertiary alicyclic amines) is 1. The van der Waals surface area contributed by atoms with Crippen molar-refractivity contribution in [3.05, 3.63) is 18.6 Å². The number of urea groups is 1. The first-order valence-electron chi connectivity index (χ1n) is 17.7. The van der Waals surface area contributed by atoms with Crippen molar-refractivity contribution in [2.45, 2.75) is 91.9 Å². The number of rotatable bonds is 12. The molecule has 2 saturated carbocycles. The number of fused-ring (bicyclic) bond motifs is 1. The largest absolute Gasteiger partial charge is 0.363 e. The molecule has 0 radical (unpaired) electrons. The number of nitrogens with two attached hydrogens (primary N) is 1. The van der Waals surface area contributed by atoms with Crippen LogP contribution < -0.4 is 26.6 Å². The number of hydrogen-bond donors (Lipinski definition) is 4. The minimum absolute atomic E-state index is 0.0581. The molecule has 2 aliphatic heterocycles. The maximum Gasteiger partial charge on any atom is 0.316 e. The molecule has 4 aliphatic rings. The van der Waals surface area contributed by atoms with E-state index in [-0.39, 0.29) is 35.0 Å². The van der Waals surface area contributed by atoms with Crippen LogP contribution >= 0.6 is 0 Å². The van der Waals surface area contributed by atoms with Gasteiger partial charge in [-0.05, 0) is 40.9 Å². The number of aromatic nitrogens is 2. The molecule has 0 bridgehead atoms. The quantitative estimate of drug-likeness (QED) is 0.227. The number of carbonyl (C=O) groups excluding carboxylic acids is 6. The van der Waals surface area contributed by atoms with E-state index in [1.165, 1.54) is 4.90 Å². The van der Waals surface area contributed by atoms with Crippen molar-refractivity contribution < 1.29 is 28.8 Å². The maximum atomic E-state index is 14.4. The average Bonchev–Trinajstić information content (AvgIpc) is 3.92. The first kappa shape index (κ1) is 37.0. The summed E-state index contributed by atoms with van der Waals surface area (Å²) in [5, 5.41) is 8.44. The number of amides is 6. The number of nitrogens with one attached hydrogen (secondary N) is 3. The number of piperazine rings is 1. The molecule has 0 aromatic carbocycles. The number of nitrogens with zero attached hydrogens (tertiary/aromatic N) is 5. The molecule has 4 fully saturated rings. The Labute approximate surface area is 293 Å². The van der Waals surface area contributed by atoms with Gasteiger partial charge in [-0.15, -0.1) is 0 Å². The molecule has 6 atom stereocenters. The summed E-state index contributed by atoms with van der Waals surface area (Å²) in [6, 6.07) is -4.46. The minimum atomic E-state index is -1.11. The van der Waals surface area contributed by atoms with Gasteiger partial charge in [-0.2, -0.15) is 0 Å². The number of anilines is 1. The van der Waals surface area contributed by atoms with E-state index in [1.807, 2.05) is 48.5 Å². The molecule has 1 unspecified atom stereocenters. The average molecular weight is 696 g/mol. The van der Waals surface area contributed by atoms with Gasteiger partial charge in [0.2, 0.25) is 23.5 Å². The molecule has 6 amide bonds. The van der Waals surface area contributed by atoms with Crippen molar-refractivity contribution in [1.82, 2.24) is 35.7 Å². The van der Waals surface area contributed by atoms with E-state index >= 15 is 0 Å². The third-order valence-corrected chi connectivity index (χ3v) is 11.0. The van der Waals surface area contributed by atoms with Gasteiger partial charge in [-0.3, -0.25) is 29.0 Å². The number of carbonyl (C=O) groups is 6. The molecule has 1 aromatic rings. The summed E-state index contributed by atoms with van der Waals surface area (Å²) in [5.74, 6) is -2.44. The van der Waals surface area contributed by atoms with Crippen LogP contribution in [0.15, 0.2) is 18.6 Å². The van der Waals surface area contributed by atoms with Crippen LogP contribution in [0.5, 0.6) is 0 Å². The van der Waals surface area contributed by atoms with Crippen molar-refractivity contribution in [2.24, 2.45) is 40.2 Å². The van der Waals surface area contributed by atoms with Gasteiger partial charge in [0, 0.05) is 45.1 Å². The molecule has 274 valence electrons. The standard InChI is InChI=1S/C35H53N9O6/c1-19(2)25(31(48)43-14-12-42(13-15-43)23-17-37-10-11-38-23)40-33(50)41-28(34(3,4)5)32(49)44-18-21-24(35(21,6)7)26(44)30(47)39-22(16-20-8-9-20)27(45)29(36)46/h10-11,17,19-22,24-26,28H,8-9,12-16,18H2,1-7H3,(H2,36,46)(H,39,47)(H2,40,41,50)/t21-,22?,24-,25-,26-,28+/m0/s1. The predicted octanol–water partition coefficient (Wildman–Crippen LogP) is 0.686. The Morgan fingerprint density at radius 2 is 1.62 bits per heavy atom. The summed E-state index contributed by atoms with van der Waals surface area (Å²) in [7, 11) is 0. The SMILES string of the molecule is CC(C)[C@H](NC(=O)N[C@H](C(=O)N1C[C@H]2[C@@H]([C@H]1C(=O)NC(CC1CC1)C(=O)C(N)=O)C2(C)C)C(C)(C)C)C(=O)N1CCN(c2cnccn2)CC1. The summed E-state index contributed by atoms with van der Waals surface area (Å²) < 4.78 is 0. The van der Waals surface area contributed by atoms with Crippen molar-refractivity contribution in [3.8, 4) is 0 Å². The molecule has 3 heterocycles. The minimum Gasteiger partial charge on any atom is -0.363 e. The van der Waals surface area contributed by atoms with Crippen LogP contribution in [0.1, 0.15) is 67.7 Å². The van der Waals surface area contributed by atoms with Gasteiger partial charge in [0.05, 0.1) is 12.2 Å². The molecular weight excluding hydrogens is 642 g/mol. The topological polar surface area (TPSA) is 200 Å². The molecule has 15 heteroatoms. The van der Waals surface area contributed by atoms with E-state index < -0.39 is 59.1 Å². The Morgan fingerprint density at radius 3 is 2.16 bits per heavy atom. The second-order valence-corrected chi connectivity index (χ2v) is 16.4. The number of ketones is 1. The van der Waals surface area contributed by atoms with Crippen molar-refractivity contribution in [3.63, 3.8) is 0 Å². The van der Waals surface area contributed by atoms with Gasteiger partial charge >= 0.3 is 6.03 Å². The van der Waals surface area contributed by atoms with Crippen molar-refractivity contribution in [1.29, 1.82) is 0 Å². The summed E-state index contributed by atoms with van der Waals surface area (Å²) >= 11 is 0. The zero-order valence-electron chi connectivity index (χ0n) is 30.3. The second-order valence-electron chi connectivity index (χ2n) is 16.4. The van der Waals surface area contributed by atoms with Gasteiger partial charge < -0.3 is 36.4 Å². The summed E-state index contributed by atoms with van der Waals surface area (Å²) in [6.07, 6.45) is 7.07. The van der Waals surface area contributed by atoms with Crippen molar-refractivity contribution >= 4 is 41.3 Å². The lowest BCUT2D eigenvalue weighted by Gasteiger charge is -2.39. The van der Waals surface area contributed by atoms with Crippen LogP contribution in [0, 0.1) is 34.5 Å². The van der Waals surface area contributed by atoms with Crippen LogP contribution in [0.3, 0.4) is 0 Å². The lowest BCUT2D eigenvalue weighted by Crippen LogP contribution is -2.63. The second kappa shape index (κ2) is 14.1. The number of Topliss-reactive ketones (excluding diaryl/α,β-unsaturated/α-hetero) is 1. The zero-order chi connectivity index (χ0) is 36.7. The summed E-state index contributed by atoms with van der Waals surface area (Å²) in [5.41, 5.74) is 4.35. The highest BCUT2D eigenvalue weighted by molar-refractivity contribution is 6.37. The first-order valence-corrected chi connectivity index (χ1v) is 17.7. The van der Waals surface area contributed by atoms with E-state index in [2.05, 4.69) is 30.8 Å². The van der Waals surface area contributed by atoms with Crippen LogP contribution in [0.25, 0.3) is 0 Å². The molecule has 1 aromatic heterocycles. The molecule has 50 heavy (non-hydrogen) atoms. The lowest BCUT2D eigenvalue weighted by molar-refractivity contribution is -0.145. The van der Waals surface area contributed by atoms with E-state index in [4.69, 9.17) is 5.73 Å². The Kier molecular flexibility index (Phi) is 10.5. The fourth-order valence-corrected chi connectivity index (χ4v) is 7.61. The van der Waals surface area contributed by atoms with E-state index in [0.29, 0.717) is 39.1 Å². The van der Waals surface area contributed by atoms with Crippen molar-refractivity contribution in [2.75, 3.05) is 37.6 Å². The normalized spacial score (nSPS) is 24.5. The van der Waals surface area contributed by atoms with Gasteiger partial charge in [0.15, 0.2) is 0 Å². The highest BCUT2D eigenvalue weighted by atomic mass is 16.2. The van der Waals surface area contributed by atoms with Crippen LogP contribution in [-0.2, 0) is 24.0 Å². The Hall–Kier alpha value is -4.30. The molecule has 0 spiro atoms. The molecule has 2 saturated heterocycles. The van der Waals surface area contributed by atoms with Crippen LogP contribution in [-0.4, -0.2) is 112 Å². The maximum absolute atomic E-state index is 14.4.